The Morgan fingerprint density at radius 2 is 1.82 bits per heavy atom. The molecule has 1 aromatic carbocycles. The maximum Gasteiger partial charge on any atom is 0.0249 e. The molecule has 0 fully saturated rings. The summed E-state index contributed by atoms with van der Waals surface area (Å²) in [5.74, 6) is 6.29. The van der Waals surface area contributed by atoms with Gasteiger partial charge in [-0.2, -0.15) is 0 Å². The van der Waals surface area contributed by atoms with E-state index < -0.39 is 0 Å². The smallest absolute Gasteiger partial charge is 0.0249 e. The molecule has 86 valence electrons. The van der Waals surface area contributed by atoms with Crippen LogP contribution in [0, 0.1) is 18.8 Å². The van der Waals surface area contributed by atoms with Crippen molar-refractivity contribution in [3.63, 3.8) is 0 Å². The second-order valence-corrected chi connectivity index (χ2v) is 4.04. The normalized spacial score (nSPS) is 11.1. The average Bonchev–Trinajstić information content (AvgIpc) is 2.31. The molecule has 0 unspecified atom stereocenters. The number of allylic oxidation sites excluding steroid dienone is 5. The predicted octanol–water partition coefficient (Wildman–Crippen LogP) is 4.43. The van der Waals surface area contributed by atoms with Gasteiger partial charge in [-0.3, -0.25) is 0 Å². The molecule has 0 heterocycles. The molecule has 0 atom stereocenters. The number of rotatable bonds is 2. The van der Waals surface area contributed by atoms with Crippen molar-refractivity contribution in [1.82, 2.24) is 0 Å². The minimum atomic E-state index is 1.01. The molecule has 0 N–H and O–H groups in total. The van der Waals surface area contributed by atoms with E-state index in [0.717, 1.165) is 16.7 Å². The van der Waals surface area contributed by atoms with Gasteiger partial charge in [0.1, 0.15) is 0 Å². The zero-order chi connectivity index (χ0) is 12.7. The first kappa shape index (κ1) is 13.1. The molecule has 0 aliphatic carbocycles. The van der Waals surface area contributed by atoms with Gasteiger partial charge in [0.25, 0.3) is 0 Å². The molecule has 1 aromatic rings. The minimum Gasteiger partial charge on any atom is -0.0961 e. The summed E-state index contributed by atoms with van der Waals surface area (Å²) < 4.78 is 0. The third-order valence-electron chi connectivity index (χ3n) is 2.26. The molecular formula is C17H18. The SMILES string of the molecule is C=C(C)C=CC(C#Cc1ccc(C)cc1)=CC. The molecule has 1 rings (SSSR count). The van der Waals surface area contributed by atoms with E-state index in [9.17, 15) is 0 Å². The fraction of sp³-hybridized carbons (Fsp3) is 0.176. The molecule has 0 saturated heterocycles. The van der Waals surface area contributed by atoms with Crippen LogP contribution in [-0.2, 0) is 0 Å². The van der Waals surface area contributed by atoms with E-state index >= 15 is 0 Å². The largest absolute Gasteiger partial charge is 0.0961 e. The van der Waals surface area contributed by atoms with Crippen LogP contribution < -0.4 is 0 Å². The zero-order valence-electron chi connectivity index (χ0n) is 10.7. The van der Waals surface area contributed by atoms with Crippen LogP contribution in [0.25, 0.3) is 0 Å². The van der Waals surface area contributed by atoms with Crippen LogP contribution in [0.4, 0.5) is 0 Å². The highest BCUT2D eigenvalue weighted by atomic mass is 13.9. The van der Waals surface area contributed by atoms with Gasteiger partial charge in [0, 0.05) is 11.1 Å². The summed E-state index contributed by atoms with van der Waals surface area (Å²) in [6, 6.07) is 8.22. The Morgan fingerprint density at radius 3 is 2.35 bits per heavy atom. The van der Waals surface area contributed by atoms with Crippen molar-refractivity contribution in [2.45, 2.75) is 20.8 Å². The lowest BCUT2D eigenvalue weighted by atomic mass is 10.1. The van der Waals surface area contributed by atoms with Crippen molar-refractivity contribution >= 4 is 0 Å². The van der Waals surface area contributed by atoms with Gasteiger partial charge in [0.05, 0.1) is 0 Å². The van der Waals surface area contributed by atoms with Crippen molar-refractivity contribution in [2.75, 3.05) is 0 Å². The quantitative estimate of drug-likeness (QED) is 0.513. The topological polar surface area (TPSA) is 0 Å². The highest BCUT2D eigenvalue weighted by molar-refractivity contribution is 5.46. The highest BCUT2D eigenvalue weighted by Gasteiger charge is 1.87. The molecule has 0 radical (unpaired) electrons. The number of hydrogen-bond acceptors (Lipinski definition) is 0. The van der Waals surface area contributed by atoms with Gasteiger partial charge in [0.2, 0.25) is 0 Å². The van der Waals surface area contributed by atoms with Crippen molar-refractivity contribution in [2.24, 2.45) is 0 Å². The van der Waals surface area contributed by atoms with Crippen molar-refractivity contribution in [3.8, 4) is 11.8 Å². The van der Waals surface area contributed by atoms with Crippen LogP contribution in [-0.4, -0.2) is 0 Å². The third kappa shape index (κ3) is 5.04. The van der Waals surface area contributed by atoms with Crippen LogP contribution in [0.1, 0.15) is 25.0 Å². The standard InChI is InChI=1S/C17H18/c1-5-16(9-6-14(2)3)12-13-17-10-7-15(4)8-11-17/h5-11H,2H2,1,3-4H3. The third-order valence-corrected chi connectivity index (χ3v) is 2.26. The van der Waals surface area contributed by atoms with Crippen molar-refractivity contribution < 1.29 is 0 Å². The summed E-state index contributed by atoms with van der Waals surface area (Å²) in [5.41, 5.74) is 4.33. The van der Waals surface area contributed by atoms with E-state index in [1.54, 1.807) is 0 Å². The van der Waals surface area contributed by atoms with E-state index in [2.05, 4.69) is 37.5 Å². The molecule has 0 aliphatic rings. The van der Waals surface area contributed by atoms with Crippen LogP contribution in [0.5, 0.6) is 0 Å². The number of hydrogen-bond donors (Lipinski definition) is 0. The molecule has 0 aromatic heterocycles. The van der Waals surface area contributed by atoms with E-state index in [0.29, 0.717) is 0 Å². The van der Waals surface area contributed by atoms with Crippen LogP contribution in [0.3, 0.4) is 0 Å². The predicted molar refractivity (Wildman–Crippen MR) is 75.8 cm³/mol. The molecule has 0 saturated carbocycles. The van der Waals surface area contributed by atoms with E-state index in [4.69, 9.17) is 0 Å². The lowest BCUT2D eigenvalue weighted by Gasteiger charge is -1.92. The average molecular weight is 222 g/mol. The second-order valence-electron chi connectivity index (χ2n) is 4.04. The van der Waals surface area contributed by atoms with E-state index in [1.165, 1.54) is 5.56 Å². The van der Waals surface area contributed by atoms with Crippen molar-refractivity contribution in [1.29, 1.82) is 0 Å². The van der Waals surface area contributed by atoms with Crippen molar-refractivity contribution in [3.05, 3.63) is 71.3 Å². The Kier molecular flexibility index (Phi) is 5.04. The van der Waals surface area contributed by atoms with Crippen LogP contribution >= 0.6 is 0 Å². The van der Waals surface area contributed by atoms with Crippen LogP contribution in [0.15, 0.2) is 60.2 Å². The van der Waals surface area contributed by atoms with Gasteiger partial charge in [0.15, 0.2) is 0 Å². The van der Waals surface area contributed by atoms with E-state index in [1.807, 2.05) is 44.2 Å². The lowest BCUT2D eigenvalue weighted by Crippen LogP contribution is -1.77. The summed E-state index contributed by atoms with van der Waals surface area (Å²) in [4.78, 5) is 0. The second kappa shape index (κ2) is 6.55. The summed E-state index contributed by atoms with van der Waals surface area (Å²) in [7, 11) is 0. The maximum atomic E-state index is 3.83. The van der Waals surface area contributed by atoms with Gasteiger partial charge in [-0.1, -0.05) is 53.8 Å². The molecule has 0 amide bonds. The van der Waals surface area contributed by atoms with Gasteiger partial charge in [-0.25, -0.2) is 0 Å². The van der Waals surface area contributed by atoms with Gasteiger partial charge < -0.3 is 0 Å². The summed E-state index contributed by atoms with van der Waals surface area (Å²) in [6.07, 6.45) is 5.96. The summed E-state index contributed by atoms with van der Waals surface area (Å²) in [6.45, 7) is 9.86. The Hall–Kier alpha value is -2.00. The van der Waals surface area contributed by atoms with E-state index in [-0.39, 0.29) is 0 Å². The monoisotopic (exact) mass is 222 g/mol. The highest BCUT2D eigenvalue weighted by Crippen LogP contribution is 2.03. The number of benzene rings is 1. The molecule has 0 bridgehead atoms. The first-order valence-electron chi connectivity index (χ1n) is 5.70. The lowest BCUT2D eigenvalue weighted by molar-refractivity contribution is 1.46. The minimum absolute atomic E-state index is 1.01. The molecule has 17 heavy (non-hydrogen) atoms. The zero-order valence-corrected chi connectivity index (χ0v) is 10.7. The molecular weight excluding hydrogens is 204 g/mol. The maximum absolute atomic E-state index is 3.83. The molecule has 0 nitrogen and oxygen atoms in total. The molecule has 0 aliphatic heterocycles. The Bertz CT molecular complexity index is 499. The fourth-order valence-corrected chi connectivity index (χ4v) is 1.22. The first-order valence-corrected chi connectivity index (χ1v) is 5.70. The fourth-order valence-electron chi connectivity index (χ4n) is 1.22. The molecule has 0 heteroatoms. The Morgan fingerprint density at radius 1 is 1.18 bits per heavy atom. The first-order chi connectivity index (χ1) is 8.11. The van der Waals surface area contributed by atoms with Gasteiger partial charge in [-0.15, -0.1) is 0 Å². The van der Waals surface area contributed by atoms with Gasteiger partial charge in [-0.05, 0) is 39.0 Å². The number of aryl methyl sites for hydroxylation is 1. The Labute approximate surface area is 104 Å². The molecule has 0 spiro atoms. The Balaban J connectivity index is 2.83. The summed E-state index contributed by atoms with van der Waals surface area (Å²) in [5, 5.41) is 0. The van der Waals surface area contributed by atoms with Gasteiger partial charge >= 0.3 is 0 Å². The van der Waals surface area contributed by atoms with Crippen LogP contribution in [0.2, 0.25) is 0 Å². The summed E-state index contributed by atoms with van der Waals surface area (Å²) >= 11 is 0.